The first-order valence-electron chi connectivity index (χ1n) is 8.17. The van der Waals surface area contributed by atoms with E-state index in [1.807, 2.05) is 24.3 Å². The fourth-order valence-corrected chi connectivity index (χ4v) is 4.16. The minimum Gasteiger partial charge on any atom is -0.384 e. The highest BCUT2D eigenvalue weighted by molar-refractivity contribution is 7.89. The highest BCUT2D eigenvalue weighted by Gasteiger charge is 2.25. The standard InChI is InChI=1S/C20H21NO3S/c1-21(2)25(23,24)17-12-11-16-10-9-15-6-3-4-7-18(15)19(8-5-13-22)20(16)14-17/h3-4,6-7,11-12,14,19,22H,9-10,13H2,1-2H3. The number of aliphatic hydroxyl groups excluding tert-OH is 1. The van der Waals surface area contributed by atoms with Crippen molar-refractivity contribution < 1.29 is 13.5 Å². The lowest BCUT2D eigenvalue weighted by Gasteiger charge is -2.18. The zero-order chi connectivity index (χ0) is 18.0. The van der Waals surface area contributed by atoms with Crippen LogP contribution in [0.5, 0.6) is 0 Å². The highest BCUT2D eigenvalue weighted by Crippen LogP contribution is 2.35. The smallest absolute Gasteiger partial charge is 0.242 e. The molecule has 2 aromatic rings. The van der Waals surface area contributed by atoms with Gasteiger partial charge in [0.1, 0.15) is 6.61 Å². The van der Waals surface area contributed by atoms with Gasteiger partial charge in [-0.15, -0.1) is 0 Å². The van der Waals surface area contributed by atoms with Crippen molar-refractivity contribution in [2.24, 2.45) is 0 Å². The molecular formula is C20H21NO3S. The van der Waals surface area contributed by atoms with Crippen LogP contribution in [0, 0.1) is 11.8 Å². The lowest BCUT2D eigenvalue weighted by Crippen LogP contribution is -2.22. The van der Waals surface area contributed by atoms with E-state index in [4.69, 9.17) is 5.11 Å². The third kappa shape index (κ3) is 3.34. The van der Waals surface area contributed by atoms with Crippen LogP contribution in [0.1, 0.15) is 28.2 Å². The van der Waals surface area contributed by atoms with Crippen molar-refractivity contribution in [3.05, 3.63) is 64.7 Å². The second kappa shape index (κ2) is 7.01. The number of aliphatic hydroxyl groups is 1. The number of rotatable bonds is 2. The van der Waals surface area contributed by atoms with Gasteiger partial charge in [-0.05, 0) is 47.2 Å². The molecule has 0 spiro atoms. The molecule has 25 heavy (non-hydrogen) atoms. The number of benzene rings is 2. The molecule has 0 fully saturated rings. The first-order valence-corrected chi connectivity index (χ1v) is 9.61. The summed E-state index contributed by atoms with van der Waals surface area (Å²) in [6.07, 6.45) is 1.73. The number of nitrogens with zero attached hydrogens (tertiary/aromatic N) is 1. The molecule has 0 bridgehead atoms. The average molecular weight is 355 g/mol. The zero-order valence-electron chi connectivity index (χ0n) is 14.4. The molecule has 0 amide bonds. The third-order valence-corrected chi connectivity index (χ3v) is 6.37. The first kappa shape index (κ1) is 17.7. The van der Waals surface area contributed by atoms with Gasteiger partial charge in [0.25, 0.3) is 0 Å². The Morgan fingerprint density at radius 1 is 1.08 bits per heavy atom. The lowest BCUT2D eigenvalue weighted by molar-refractivity contribution is 0.350. The van der Waals surface area contributed by atoms with Gasteiger partial charge in [0, 0.05) is 14.1 Å². The fraction of sp³-hybridized carbons (Fsp3) is 0.300. The molecule has 0 saturated carbocycles. The minimum atomic E-state index is -3.51. The van der Waals surface area contributed by atoms with E-state index in [0.717, 1.165) is 29.5 Å². The summed E-state index contributed by atoms with van der Waals surface area (Å²) in [6.45, 7) is -0.219. The van der Waals surface area contributed by atoms with Crippen LogP contribution in [0.3, 0.4) is 0 Å². The quantitative estimate of drug-likeness (QED) is 0.840. The molecule has 3 rings (SSSR count). The van der Waals surface area contributed by atoms with Gasteiger partial charge in [0.05, 0.1) is 10.8 Å². The first-order chi connectivity index (χ1) is 11.9. The van der Waals surface area contributed by atoms with Crippen LogP contribution >= 0.6 is 0 Å². The fourth-order valence-electron chi connectivity index (χ4n) is 3.22. The van der Waals surface area contributed by atoms with Crippen molar-refractivity contribution in [3.63, 3.8) is 0 Å². The zero-order valence-corrected chi connectivity index (χ0v) is 15.2. The molecule has 4 nitrogen and oxygen atoms in total. The second-order valence-electron chi connectivity index (χ2n) is 6.26. The SMILES string of the molecule is CN(C)S(=O)(=O)c1ccc2c(c1)C(C#CCO)c1ccccc1CC2. The van der Waals surface area contributed by atoms with Crippen molar-refractivity contribution in [1.29, 1.82) is 0 Å². The predicted octanol–water partition coefficient (Wildman–Crippen LogP) is 2.16. The summed E-state index contributed by atoms with van der Waals surface area (Å²) in [6, 6.07) is 13.4. The Kier molecular flexibility index (Phi) is 4.96. The van der Waals surface area contributed by atoms with E-state index < -0.39 is 10.0 Å². The Labute approximate surface area is 149 Å². The maximum atomic E-state index is 12.5. The van der Waals surface area contributed by atoms with Crippen molar-refractivity contribution in [1.82, 2.24) is 4.31 Å². The Morgan fingerprint density at radius 2 is 1.76 bits per heavy atom. The van der Waals surface area contributed by atoms with Gasteiger partial charge in [-0.25, -0.2) is 12.7 Å². The van der Waals surface area contributed by atoms with Gasteiger partial charge < -0.3 is 5.11 Å². The molecule has 2 aromatic carbocycles. The van der Waals surface area contributed by atoms with Gasteiger partial charge >= 0.3 is 0 Å². The van der Waals surface area contributed by atoms with Gasteiger partial charge in [0.2, 0.25) is 10.0 Å². The van der Waals surface area contributed by atoms with Gasteiger partial charge in [0.15, 0.2) is 0 Å². The third-order valence-electron chi connectivity index (χ3n) is 4.56. The van der Waals surface area contributed by atoms with E-state index >= 15 is 0 Å². The van der Waals surface area contributed by atoms with Gasteiger partial charge in [-0.2, -0.15) is 0 Å². The van der Waals surface area contributed by atoms with Crippen LogP contribution < -0.4 is 0 Å². The molecule has 0 radical (unpaired) electrons. The molecule has 0 aliphatic heterocycles. The normalized spacial score (nSPS) is 16.4. The van der Waals surface area contributed by atoms with Crippen LogP contribution in [0.15, 0.2) is 47.4 Å². The summed E-state index contributed by atoms with van der Waals surface area (Å²) < 4.78 is 26.3. The van der Waals surface area contributed by atoms with E-state index in [1.165, 1.54) is 24.0 Å². The van der Waals surface area contributed by atoms with E-state index in [2.05, 4.69) is 17.9 Å². The monoisotopic (exact) mass is 355 g/mol. The van der Waals surface area contributed by atoms with Gasteiger partial charge in [-0.3, -0.25) is 0 Å². The molecule has 1 atom stereocenters. The lowest BCUT2D eigenvalue weighted by atomic mass is 9.88. The molecule has 5 heteroatoms. The van der Waals surface area contributed by atoms with Crippen LogP contribution in [-0.2, 0) is 22.9 Å². The summed E-state index contributed by atoms with van der Waals surface area (Å²) >= 11 is 0. The summed E-state index contributed by atoms with van der Waals surface area (Å²) in [4.78, 5) is 0.270. The average Bonchev–Trinajstić information content (AvgIpc) is 2.76. The summed E-state index contributed by atoms with van der Waals surface area (Å²) in [5, 5.41) is 9.14. The van der Waals surface area contributed by atoms with Crippen LogP contribution in [0.4, 0.5) is 0 Å². The second-order valence-corrected chi connectivity index (χ2v) is 8.41. The Bertz CT molecular complexity index is 952. The summed E-state index contributed by atoms with van der Waals surface area (Å²) in [5.74, 6) is 5.64. The van der Waals surface area contributed by atoms with E-state index in [1.54, 1.807) is 12.1 Å². The molecule has 1 unspecified atom stereocenters. The topological polar surface area (TPSA) is 57.6 Å². The molecule has 1 aliphatic carbocycles. The molecule has 0 aromatic heterocycles. The van der Waals surface area contributed by atoms with Gasteiger partial charge in [-0.1, -0.05) is 42.2 Å². The summed E-state index contributed by atoms with van der Waals surface area (Å²) in [7, 11) is -0.454. The van der Waals surface area contributed by atoms with Crippen molar-refractivity contribution in [2.75, 3.05) is 20.7 Å². The number of aryl methyl sites for hydroxylation is 2. The molecule has 1 aliphatic rings. The number of hydrogen-bond acceptors (Lipinski definition) is 3. The molecule has 130 valence electrons. The predicted molar refractivity (Wildman–Crippen MR) is 97.9 cm³/mol. The minimum absolute atomic E-state index is 0.219. The van der Waals surface area contributed by atoms with Crippen LogP contribution in [0.2, 0.25) is 0 Å². The van der Waals surface area contributed by atoms with Crippen LogP contribution in [0.25, 0.3) is 0 Å². The van der Waals surface area contributed by atoms with E-state index in [-0.39, 0.29) is 17.4 Å². The molecule has 1 N–H and O–H groups in total. The Balaban J connectivity index is 2.22. The molecule has 0 heterocycles. The van der Waals surface area contributed by atoms with E-state index in [0.29, 0.717) is 0 Å². The van der Waals surface area contributed by atoms with Crippen molar-refractivity contribution in [3.8, 4) is 11.8 Å². The van der Waals surface area contributed by atoms with Crippen molar-refractivity contribution >= 4 is 10.0 Å². The maximum Gasteiger partial charge on any atom is 0.242 e. The Hall–Kier alpha value is -2.13. The number of sulfonamides is 1. The maximum absolute atomic E-state index is 12.5. The molecule has 0 saturated heterocycles. The number of hydrogen-bond donors (Lipinski definition) is 1. The van der Waals surface area contributed by atoms with Crippen LogP contribution in [-0.4, -0.2) is 38.5 Å². The van der Waals surface area contributed by atoms with Crippen molar-refractivity contribution in [2.45, 2.75) is 23.7 Å². The number of fused-ring (bicyclic) bond motifs is 2. The molecular weight excluding hydrogens is 334 g/mol. The highest BCUT2D eigenvalue weighted by atomic mass is 32.2. The Morgan fingerprint density at radius 3 is 2.44 bits per heavy atom. The van der Waals surface area contributed by atoms with E-state index in [9.17, 15) is 8.42 Å². The largest absolute Gasteiger partial charge is 0.384 e. The summed E-state index contributed by atoms with van der Waals surface area (Å²) in [5.41, 5.74) is 4.31.